The highest BCUT2D eigenvalue weighted by molar-refractivity contribution is 6.36. The van der Waals surface area contributed by atoms with Gasteiger partial charge in [0.25, 0.3) is 5.91 Å². The lowest BCUT2D eigenvalue weighted by Crippen LogP contribution is -2.14. The lowest BCUT2D eigenvalue weighted by Gasteiger charge is -2.10. The summed E-state index contributed by atoms with van der Waals surface area (Å²) in [4.78, 5) is 17.5. The van der Waals surface area contributed by atoms with Crippen molar-refractivity contribution < 1.29 is 4.79 Å². The Labute approximate surface area is 190 Å². The number of nitrogens with one attached hydrogen (secondary N) is 1. The monoisotopic (exact) mass is 450 g/mol. The summed E-state index contributed by atoms with van der Waals surface area (Å²) >= 11 is 12.1. The fraction of sp³-hybridized carbons (Fsp3) is 0.125. The molecule has 5 nitrogen and oxygen atoms in total. The topological polar surface area (TPSA) is 59.8 Å². The van der Waals surface area contributed by atoms with Crippen molar-refractivity contribution in [1.82, 2.24) is 14.8 Å². The molecule has 0 unspecified atom stereocenters. The van der Waals surface area contributed by atoms with E-state index < -0.39 is 5.91 Å². The first kappa shape index (κ1) is 21.1. The number of hydrogen-bond donors (Lipinski definition) is 1. The van der Waals surface area contributed by atoms with Crippen molar-refractivity contribution in [3.63, 3.8) is 0 Å². The third-order valence-electron chi connectivity index (χ3n) is 4.85. The van der Waals surface area contributed by atoms with Crippen LogP contribution in [0.2, 0.25) is 10.0 Å². The number of rotatable bonds is 4. The Kier molecular flexibility index (Phi) is 5.81. The van der Waals surface area contributed by atoms with Gasteiger partial charge in [-0.2, -0.15) is 0 Å². The third-order valence-corrected chi connectivity index (χ3v) is 5.39. The smallest absolute Gasteiger partial charge is 0.295 e. The fourth-order valence-corrected chi connectivity index (χ4v) is 3.82. The van der Waals surface area contributed by atoms with Crippen LogP contribution < -0.4 is 5.32 Å². The second-order valence-electron chi connectivity index (χ2n) is 7.41. The molecule has 1 N–H and O–H groups in total. The van der Waals surface area contributed by atoms with E-state index in [1.807, 2.05) is 57.2 Å². The summed E-state index contributed by atoms with van der Waals surface area (Å²) in [5.41, 5.74) is 5.44. The van der Waals surface area contributed by atoms with Crippen LogP contribution in [0.15, 0.2) is 60.7 Å². The van der Waals surface area contributed by atoms with Crippen LogP contribution in [0, 0.1) is 20.8 Å². The Bertz CT molecular complexity index is 1300. The van der Waals surface area contributed by atoms with Gasteiger partial charge in [-0.3, -0.25) is 4.79 Å². The molecule has 1 heterocycles. The standard InChI is InChI=1S/C24H20Cl2N4O/c1-14-5-4-6-17(12-14)23-28-22(24(31)27-20-9-8-18(25)13-19(20)26)29-30(23)21-10-7-15(2)11-16(21)3/h4-13H,1-3H3,(H,27,31). The van der Waals surface area contributed by atoms with Crippen LogP contribution in [0.5, 0.6) is 0 Å². The predicted octanol–water partition coefficient (Wildman–Crippen LogP) is 6.42. The van der Waals surface area contributed by atoms with Gasteiger partial charge >= 0.3 is 0 Å². The molecule has 0 atom stereocenters. The maximum absolute atomic E-state index is 12.9. The molecule has 0 aliphatic rings. The SMILES string of the molecule is Cc1cccc(-c2nc(C(=O)Nc3ccc(Cl)cc3Cl)nn2-c2ccc(C)cc2C)c1. The van der Waals surface area contributed by atoms with Gasteiger partial charge in [0.15, 0.2) is 5.82 Å². The van der Waals surface area contributed by atoms with Crippen molar-refractivity contribution in [3.8, 4) is 17.1 Å². The zero-order valence-electron chi connectivity index (χ0n) is 17.3. The van der Waals surface area contributed by atoms with Crippen molar-refractivity contribution in [1.29, 1.82) is 0 Å². The molecule has 1 aromatic heterocycles. The number of halogens is 2. The van der Waals surface area contributed by atoms with E-state index in [-0.39, 0.29) is 5.82 Å². The number of hydrogen-bond acceptors (Lipinski definition) is 3. The molecule has 3 aromatic carbocycles. The summed E-state index contributed by atoms with van der Waals surface area (Å²) in [6, 6.07) is 18.9. The van der Waals surface area contributed by atoms with Crippen molar-refractivity contribution >= 4 is 34.8 Å². The van der Waals surface area contributed by atoms with Crippen LogP contribution in [0.1, 0.15) is 27.3 Å². The molecule has 0 aliphatic heterocycles. The van der Waals surface area contributed by atoms with Gasteiger partial charge in [0, 0.05) is 10.6 Å². The summed E-state index contributed by atoms with van der Waals surface area (Å²) < 4.78 is 1.71. The number of benzene rings is 3. The highest BCUT2D eigenvalue weighted by atomic mass is 35.5. The van der Waals surface area contributed by atoms with Crippen molar-refractivity contribution in [2.24, 2.45) is 0 Å². The van der Waals surface area contributed by atoms with Gasteiger partial charge < -0.3 is 5.32 Å². The molecule has 31 heavy (non-hydrogen) atoms. The lowest BCUT2D eigenvalue weighted by molar-refractivity contribution is 0.101. The number of anilines is 1. The van der Waals surface area contributed by atoms with E-state index in [4.69, 9.17) is 23.2 Å². The number of carbonyl (C=O) groups excluding carboxylic acids is 1. The van der Waals surface area contributed by atoms with E-state index in [9.17, 15) is 4.79 Å². The first-order valence-corrected chi connectivity index (χ1v) is 10.5. The molecule has 0 aliphatic carbocycles. The summed E-state index contributed by atoms with van der Waals surface area (Å²) in [6.07, 6.45) is 0. The molecular weight excluding hydrogens is 431 g/mol. The zero-order chi connectivity index (χ0) is 22.1. The van der Waals surface area contributed by atoms with Gasteiger partial charge in [-0.15, -0.1) is 5.10 Å². The second kappa shape index (κ2) is 8.53. The lowest BCUT2D eigenvalue weighted by atomic mass is 10.1. The van der Waals surface area contributed by atoms with E-state index >= 15 is 0 Å². The Morgan fingerprint density at radius 2 is 1.71 bits per heavy atom. The molecule has 1 amide bonds. The minimum absolute atomic E-state index is 0.0440. The first-order chi connectivity index (χ1) is 14.8. The zero-order valence-corrected chi connectivity index (χ0v) is 18.8. The summed E-state index contributed by atoms with van der Waals surface area (Å²) in [7, 11) is 0. The minimum Gasteiger partial charge on any atom is -0.318 e. The van der Waals surface area contributed by atoms with Crippen molar-refractivity contribution in [3.05, 3.63) is 93.2 Å². The Morgan fingerprint density at radius 3 is 2.42 bits per heavy atom. The molecule has 4 rings (SSSR count). The maximum atomic E-state index is 12.9. The van der Waals surface area contributed by atoms with Crippen LogP contribution in [0.25, 0.3) is 17.1 Å². The quantitative estimate of drug-likeness (QED) is 0.390. The van der Waals surface area contributed by atoms with Gasteiger partial charge in [-0.1, -0.05) is 64.7 Å². The first-order valence-electron chi connectivity index (χ1n) is 9.70. The molecule has 0 bridgehead atoms. The predicted molar refractivity (Wildman–Crippen MR) is 125 cm³/mol. The van der Waals surface area contributed by atoms with Crippen molar-refractivity contribution in [2.45, 2.75) is 20.8 Å². The van der Waals surface area contributed by atoms with Gasteiger partial charge in [-0.05, 0) is 56.7 Å². The van der Waals surface area contributed by atoms with E-state index in [2.05, 4.69) is 21.5 Å². The van der Waals surface area contributed by atoms with Crippen molar-refractivity contribution in [2.75, 3.05) is 5.32 Å². The van der Waals surface area contributed by atoms with Gasteiger partial charge in [0.2, 0.25) is 5.82 Å². The highest BCUT2D eigenvalue weighted by Gasteiger charge is 2.20. The molecule has 0 fully saturated rings. The largest absolute Gasteiger partial charge is 0.318 e. The maximum Gasteiger partial charge on any atom is 0.295 e. The van der Waals surface area contributed by atoms with Crippen LogP contribution >= 0.6 is 23.2 Å². The Morgan fingerprint density at radius 1 is 0.935 bits per heavy atom. The number of nitrogens with zero attached hydrogens (tertiary/aromatic N) is 3. The van der Waals surface area contributed by atoms with Gasteiger partial charge in [-0.25, -0.2) is 9.67 Å². The van der Waals surface area contributed by atoms with Gasteiger partial charge in [0.1, 0.15) is 0 Å². The van der Waals surface area contributed by atoms with Crippen LogP contribution in [0.3, 0.4) is 0 Å². The van der Waals surface area contributed by atoms with Gasteiger partial charge in [0.05, 0.1) is 16.4 Å². The molecule has 0 saturated heterocycles. The van der Waals surface area contributed by atoms with Crippen LogP contribution in [0.4, 0.5) is 5.69 Å². The Hall–Kier alpha value is -3.15. The number of aromatic nitrogens is 3. The molecule has 0 radical (unpaired) electrons. The summed E-state index contributed by atoms with van der Waals surface area (Å²) in [5.74, 6) is 0.173. The number of carbonyl (C=O) groups is 1. The average Bonchev–Trinajstić information content (AvgIpc) is 3.15. The molecule has 4 aromatic rings. The number of aryl methyl sites for hydroxylation is 3. The third kappa shape index (κ3) is 4.48. The highest BCUT2D eigenvalue weighted by Crippen LogP contribution is 2.27. The minimum atomic E-state index is -0.457. The molecular formula is C24H20Cl2N4O. The molecule has 0 spiro atoms. The summed E-state index contributed by atoms with van der Waals surface area (Å²) in [6.45, 7) is 6.06. The molecule has 0 saturated carbocycles. The molecule has 156 valence electrons. The Balaban J connectivity index is 1.80. The molecule has 7 heteroatoms. The van der Waals surface area contributed by atoms with E-state index in [1.165, 1.54) is 0 Å². The van der Waals surface area contributed by atoms with E-state index in [1.54, 1.807) is 22.9 Å². The van der Waals surface area contributed by atoms with Crippen LogP contribution in [-0.2, 0) is 0 Å². The number of amides is 1. The van der Waals surface area contributed by atoms with Crippen LogP contribution in [-0.4, -0.2) is 20.7 Å². The average molecular weight is 451 g/mol. The fourth-order valence-electron chi connectivity index (χ4n) is 3.36. The van der Waals surface area contributed by atoms with E-state index in [0.717, 1.165) is 27.9 Å². The normalized spacial score (nSPS) is 10.9. The second-order valence-corrected chi connectivity index (χ2v) is 8.25. The van der Waals surface area contributed by atoms with E-state index in [0.29, 0.717) is 21.6 Å². The summed E-state index contributed by atoms with van der Waals surface area (Å²) in [5, 5.41) is 8.14.